The first-order valence-electron chi connectivity index (χ1n) is 38.0. The maximum Gasteiger partial charge on any atom is 0.342 e. The number of hydrogen-bond acceptors (Lipinski definition) is 17. The highest BCUT2D eigenvalue weighted by atomic mass is 16.8. The Kier molecular flexibility index (Phi) is 28.4. The zero-order valence-corrected chi connectivity index (χ0v) is 62.5. The van der Waals surface area contributed by atoms with Gasteiger partial charge >= 0.3 is 11.9 Å². The highest BCUT2D eigenvalue weighted by molar-refractivity contribution is 5.93. The first-order chi connectivity index (χ1) is 55.8. The van der Waals surface area contributed by atoms with E-state index in [-0.39, 0.29) is 88.7 Å². The van der Waals surface area contributed by atoms with Gasteiger partial charge in [-0.05, 0) is 79.9 Å². The van der Waals surface area contributed by atoms with Crippen LogP contribution in [0.15, 0.2) is 340 Å². The average molecular weight is 1520 g/mol. The van der Waals surface area contributed by atoms with Crippen molar-refractivity contribution in [2.75, 3.05) is 13.2 Å². The molecule has 113 heavy (non-hydrogen) atoms. The van der Waals surface area contributed by atoms with Crippen molar-refractivity contribution in [1.82, 2.24) is 0 Å². The molecule has 10 unspecified atom stereocenters. The third kappa shape index (κ3) is 22.8. The molecule has 2 aliphatic rings. The normalized spacial score (nSPS) is 19.3. The van der Waals surface area contributed by atoms with Crippen molar-refractivity contribution >= 4 is 11.9 Å². The summed E-state index contributed by atoms with van der Waals surface area (Å²) in [5, 5.41) is 0. The Morgan fingerprint density at radius 3 is 0.717 bits per heavy atom. The van der Waals surface area contributed by atoms with Crippen LogP contribution in [0.2, 0.25) is 0 Å². The van der Waals surface area contributed by atoms with Crippen LogP contribution >= 0.6 is 0 Å². The number of carbonyl (C=O) groups excluding carboxylic acids is 2. The van der Waals surface area contributed by atoms with Crippen LogP contribution in [0.25, 0.3) is 0 Å². The lowest BCUT2D eigenvalue weighted by Crippen LogP contribution is -2.66. The van der Waals surface area contributed by atoms with Crippen molar-refractivity contribution in [3.63, 3.8) is 0 Å². The zero-order valence-electron chi connectivity index (χ0n) is 62.5. The number of ether oxygens (including phenoxy) is 15. The second-order valence-corrected chi connectivity index (χ2v) is 27.4. The minimum atomic E-state index is -1.47. The summed E-state index contributed by atoms with van der Waals surface area (Å²) in [5.74, 6) is -0.0271. The first kappa shape index (κ1) is 78.1. The lowest BCUT2D eigenvalue weighted by Gasteiger charge is -2.49. The Balaban J connectivity index is 0.848. The Labute approximate surface area is 659 Å². The van der Waals surface area contributed by atoms with Gasteiger partial charge in [-0.3, -0.25) is 0 Å². The molecule has 0 aromatic heterocycles. The lowest BCUT2D eigenvalue weighted by atomic mass is 9.96. The molecule has 17 nitrogen and oxygen atoms in total. The Morgan fingerprint density at radius 1 is 0.239 bits per heavy atom. The molecule has 2 fully saturated rings. The zero-order chi connectivity index (χ0) is 76.9. The van der Waals surface area contributed by atoms with Gasteiger partial charge in [0, 0.05) is 12.1 Å². The van der Waals surface area contributed by atoms with Gasteiger partial charge in [0.05, 0.1) is 39.6 Å². The second kappa shape index (κ2) is 41.1. The van der Waals surface area contributed by atoms with Crippen molar-refractivity contribution in [3.05, 3.63) is 406 Å². The predicted molar refractivity (Wildman–Crippen MR) is 425 cm³/mol. The Bertz CT molecular complexity index is 4490. The van der Waals surface area contributed by atoms with E-state index in [1.54, 1.807) is 36.4 Å². The monoisotopic (exact) mass is 1510 g/mol. The van der Waals surface area contributed by atoms with Crippen molar-refractivity contribution in [3.8, 4) is 23.0 Å². The summed E-state index contributed by atoms with van der Waals surface area (Å²) in [5.41, 5.74) is 9.03. The summed E-state index contributed by atoms with van der Waals surface area (Å²) in [6, 6.07) is 108. The summed E-state index contributed by atoms with van der Waals surface area (Å²) in [6.07, 6.45) is -11.8. The van der Waals surface area contributed by atoms with E-state index in [0.29, 0.717) is 11.5 Å². The van der Waals surface area contributed by atoms with Gasteiger partial charge in [0.1, 0.15) is 123 Å². The highest BCUT2D eigenvalue weighted by Crippen LogP contribution is 2.39. The van der Waals surface area contributed by atoms with Crippen molar-refractivity contribution < 1.29 is 80.6 Å². The molecule has 0 bridgehead atoms. The standard InChI is InChI=1S/C96H90O17/c97-93(81-53-51-79(99-57-69-31-11-1-12-32-69)55-83(81)101-59-71-35-15-3-16-36-71)109-67-85-87(103-61-73-39-19-5-20-40-73)89(105-63-75-43-23-7-24-44-75)91(107-65-77-47-27-9-28-48-77)95(111-85)113-96-92(108-66-78-49-29-10-30-50-78)90(106-64-76-45-25-8-26-46-76)88(104-62-74-41-21-6-22-42-74)86(112-96)68-110-94(98)82-54-52-80(100-58-70-33-13-2-14-34-70)56-84(82)102-60-72-37-17-4-18-38-72/h1-56,85-92,95-96H,57-68H2. The molecule has 14 rings (SSSR count). The fourth-order valence-corrected chi connectivity index (χ4v) is 13.3. The summed E-state index contributed by atoms with van der Waals surface area (Å²) >= 11 is 0. The van der Waals surface area contributed by atoms with Gasteiger partial charge in [0.25, 0.3) is 0 Å². The Hall–Kier alpha value is -11.6. The molecule has 0 aliphatic carbocycles. The molecule has 2 heterocycles. The molecule has 0 saturated carbocycles. The molecule has 2 aliphatic heterocycles. The molecule has 0 radical (unpaired) electrons. The van der Waals surface area contributed by atoms with Crippen LogP contribution in [0.5, 0.6) is 23.0 Å². The summed E-state index contributed by atoms with van der Waals surface area (Å²) < 4.78 is 104. The van der Waals surface area contributed by atoms with Gasteiger partial charge in [-0.15, -0.1) is 0 Å². The van der Waals surface area contributed by atoms with E-state index >= 15 is 9.59 Å². The fraction of sp³-hybridized carbons (Fsp3) is 0.229. The summed E-state index contributed by atoms with van der Waals surface area (Å²) in [4.78, 5) is 30.4. The average Bonchev–Trinajstić information content (AvgIpc) is 0.768. The van der Waals surface area contributed by atoms with Gasteiger partial charge in [-0.2, -0.15) is 0 Å². The fourth-order valence-electron chi connectivity index (χ4n) is 13.3. The van der Waals surface area contributed by atoms with E-state index in [9.17, 15) is 0 Å². The second-order valence-electron chi connectivity index (χ2n) is 27.4. The van der Waals surface area contributed by atoms with Gasteiger partial charge in [-0.25, -0.2) is 9.59 Å². The van der Waals surface area contributed by atoms with Crippen LogP contribution in [-0.2, 0) is 118 Å². The van der Waals surface area contributed by atoms with Crippen molar-refractivity contribution in [2.24, 2.45) is 0 Å². The summed E-state index contributed by atoms with van der Waals surface area (Å²) in [7, 11) is 0. The topological polar surface area (TPSA) is 173 Å². The van der Waals surface area contributed by atoms with E-state index in [2.05, 4.69) is 0 Å². The van der Waals surface area contributed by atoms with Crippen LogP contribution in [0.4, 0.5) is 0 Å². The lowest BCUT2D eigenvalue weighted by molar-refractivity contribution is -0.393. The molecule has 0 spiro atoms. The van der Waals surface area contributed by atoms with Crippen LogP contribution in [-0.4, -0.2) is 86.6 Å². The van der Waals surface area contributed by atoms with Crippen molar-refractivity contribution in [2.45, 2.75) is 127 Å². The van der Waals surface area contributed by atoms with Gasteiger partial charge in [-0.1, -0.05) is 303 Å². The van der Waals surface area contributed by atoms with Gasteiger partial charge in [0.15, 0.2) is 12.6 Å². The third-order valence-corrected chi connectivity index (χ3v) is 19.2. The minimum Gasteiger partial charge on any atom is -0.489 e. The number of esters is 2. The molecule has 12 aromatic rings. The van der Waals surface area contributed by atoms with E-state index in [0.717, 1.165) is 55.6 Å². The van der Waals surface area contributed by atoms with Crippen LogP contribution < -0.4 is 18.9 Å². The molecule has 17 heteroatoms. The first-order valence-corrected chi connectivity index (χ1v) is 38.0. The minimum absolute atomic E-state index is 0.0508. The van der Waals surface area contributed by atoms with E-state index in [1.807, 2.05) is 303 Å². The molecular formula is C96H90O17. The number of carbonyl (C=O) groups is 2. The molecule has 0 N–H and O–H groups in total. The van der Waals surface area contributed by atoms with E-state index < -0.39 is 86.6 Å². The Morgan fingerprint density at radius 2 is 0.460 bits per heavy atom. The largest absolute Gasteiger partial charge is 0.489 e. The van der Waals surface area contributed by atoms with Gasteiger partial charge in [0.2, 0.25) is 0 Å². The number of benzene rings is 12. The molecule has 2 saturated heterocycles. The van der Waals surface area contributed by atoms with Crippen LogP contribution in [0.1, 0.15) is 76.4 Å². The molecule has 12 aromatic carbocycles. The maximum atomic E-state index is 15.2. The maximum absolute atomic E-state index is 15.2. The van der Waals surface area contributed by atoms with Crippen molar-refractivity contribution in [1.29, 1.82) is 0 Å². The van der Waals surface area contributed by atoms with Gasteiger partial charge < -0.3 is 71.1 Å². The van der Waals surface area contributed by atoms with E-state index in [1.165, 1.54) is 0 Å². The van der Waals surface area contributed by atoms with Crippen LogP contribution in [0.3, 0.4) is 0 Å². The summed E-state index contributed by atoms with van der Waals surface area (Å²) in [6.45, 7) is 0.439. The SMILES string of the molecule is O=C(OCC1OC(OC2OC(COC(=O)c3ccc(OCc4ccccc4)cc3OCc3ccccc3)C(OCc3ccccc3)C(OCc3ccccc3)C2OCc2ccccc2)C(OCc2ccccc2)C(OCc2ccccc2)C1OCc1ccccc1)c1ccc(OCc2ccccc2)cc1OCc1ccccc1. The molecule has 576 valence electrons. The molecular weight excluding hydrogens is 1430 g/mol. The number of hydrogen-bond donors (Lipinski definition) is 0. The quantitative estimate of drug-likeness (QED) is 0.0334. The third-order valence-electron chi connectivity index (χ3n) is 19.2. The molecule has 10 atom stereocenters. The smallest absolute Gasteiger partial charge is 0.342 e. The predicted octanol–water partition coefficient (Wildman–Crippen LogP) is 18.0. The van der Waals surface area contributed by atoms with E-state index in [4.69, 9.17) is 71.1 Å². The van der Waals surface area contributed by atoms with Crippen LogP contribution in [0, 0.1) is 0 Å². The molecule has 0 amide bonds. The number of rotatable bonds is 38. The highest BCUT2D eigenvalue weighted by Gasteiger charge is 2.55.